The molecule has 1 aliphatic carbocycles. The van der Waals surface area contributed by atoms with Gasteiger partial charge in [-0.05, 0) is 43.7 Å². The number of aryl methyl sites for hydroxylation is 1. The molecule has 0 saturated heterocycles. The molecule has 3 aromatic rings. The molecule has 3 heterocycles. The van der Waals surface area contributed by atoms with Gasteiger partial charge >= 0.3 is 0 Å². The lowest BCUT2D eigenvalue weighted by atomic mass is 9.82. The Balaban J connectivity index is 1.52. The quantitative estimate of drug-likeness (QED) is 0.742. The van der Waals surface area contributed by atoms with E-state index in [9.17, 15) is 9.90 Å². The van der Waals surface area contributed by atoms with E-state index in [1.807, 2.05) is 29.8 Å². The third-order valence-electron chi connectivity index (χ3n) is 5.38. The molecule has 7 nitrogen and oxygen atoms in total. The molecule has 7 heteroatoms. The summed E-state index contributed by atoms with van der Waals surface area (Å²) in [6, 6.07) is 5.73. The molecule has 140 valence electrons. The highest BCUT2D eigenvalue weighted by Crippen LogP contribution is 2.29. The Morgan fingerprint density at radius 3 is 2.78 bits per heavy atom. The van der Waals surface area contributed by atoms with Crippen LogP contribution in [0.2, 0.25) is 0 Å². The molecular weight excluding hydrogens is 342 g/mol. The van der Waals surface area contributed by atoms with Crippen LogP contribution in [0.5, 0.6) is 0 Å². The number of fused-ring (bicyclic) bond motifs is 1. The van der Waals surface area contributed by atoms with Crippen molar-refractivity contribution < 1.29 is 9.90 Å². The summed E-state index contributed by atoms with van der Waals surface area (Å²) in [6.07, 6.45) is 8.67. The van der Waals surface area contributed by atoms with Gasteiger partial charge in [0.2, 0.25) is 5.91 Å². The normalized spacial score (nSPS) is 19.9. The number of imidazole rings is 1. The minimum atomic E-state index is -0.0148. The second-order valence-electron chi connectivity index (χ2n) is 7.24. The number of aliphatic hydroxyl groups is 1. The van der Waals surface area contributed by atoms with Crippen LogP contribution in [-0.4, -0.2) is 37.1 Å². The Bertz CT molecular complexity index is 960. The van der Waals surface area contributed by atoms with Crippen molar-refractivity contribution in [1.82, 2.24) is 19.5 Å². The van der Waals surface area contributed by atoms with Crippen LogP contribution in [0.25, 0.3) is 22.3 Å². The highest BCUT2D eigenvalue weighted by molar-refractivity contribution is 5.93. The van der Waals surface area contributed by atoms with Gasteiger partial charge in [0.1, 0.15) is 5.82 Å². The lowest BCUT2D eigenvalue weighted by Crippen LogP contribution is -2.28. The molecule has 0 aliphatic heterocycles. The van der Waals surface area contributed by atoms with E-state index in [2.05, 4.69) is 15.3 Å². The van der Waals surface area contributed by atoms with Gasteiger partial charge in [-0.25, -0.2) is 15.0 Å². The summed E-state index contributed by atoms with van der Waals surface area (Å²) in [4.78, 5) is 25.7. The standard InChI is InChI=1S/C20H23N5O2/c1-25-12-21-10-18(25)16-7-6-15-9-22-19(8-17(15)23-16)24-20(27)14-4-2-13(11-26)3-5-14/h6-10,12-14,26H,2-5,11H2,1H3,(H,22,24,27). The Kier molecular flexibility index (Phi) is 4.85. The number of aromatic nitrogens is 4. The SMILES string of the molecule is Cn1cncc1-c1ccc2cnc(NC(=O)C3CCC(CO)CC3)cc2n1. The number of carbonyl (C=O) groups is 1. The van der Waals surface area contributed by atoms with Crippen LogP contribution in [0.15, 0.2) is 36.9 Å². The molecule has 2 N–H and O–H groups in total. The van der Waals surface area contributed by atoms with Crippen molar-refractivity contribution in [3.8, 4) is 11.4 Å². The third kappa shape index (κ3) is 3.68. The van der Waals surface area contributed by atoms with Gasteiger partial charge in [-0.2, -0.15) is 0 Å². The molecule has 1 aliphatic rings. The smallest absolute Gasteiger partial charge is 0.228 e. The summed E-state index contributed by atoms with van der Waals surface area (Å²) in [5.74, 6) is 0.842. The van der Waals surface area contributed by atoms with E-state index in [0.29, 0.717) is 11.7 Å². The number of amides is 1. The van der Waals surface area contributed by atoms with Gasteiger partial charge in [-0.15, -0.1) is 0 Å². The monoisotopic (exact) mass is 365 g/mol. The maximum atomic E-state index is 12.6. The fourth-order valence-corrected chi connectivity index (χ4v) is 3.67. The summed E-state index contributed by atoms with van der Waals surface area (Å²) in [6.45, 7) is 0.214. The average Bonchev–Trinajstić information content (AvgIpc) is 3.13. The van der Waals surface area contributed by atoms with E-state index in [-0.39, 0.29) is 18.4 Å². The van der Waals surface area contributed by atoms with Crippen molar-refractivity contribution in [2.75, 3.05) is 11.9 Å². The van der Waals surface area contributed by atoms with Crippen LogP contribution in [-0.2, 0) is 11.8 Å². The predicted octanol–water partition coefficient (Wildman–Crippen LogP) is 2.77. The third-order valence-corrected chi connectivity index (χ3v) is 5.38. The van der Waals surface area contributed by atoms with Crippen LogP contribution in [0.4, 0.5) is 5.82 Å². The number of aliphatic hydroxyl groups excluding tert-OH is 1. The highest BCUT2D eigenvalue weighted by Gasteiger charge is 2.26. The van der Waals surface area contributed by atoms with Gasteiger partial charge in [0.15, 0.2) is 0 Å². The molecule has 0 unspecified atom stereocenters. The number of carbonyl (C=O) groups excluding carboxylic acids is 1. The second-order valence-corrected chi connectivity index (χ2v) is 7.24. The van der Waals surface area contributed by atoms with Gasteiger partial charge in [0, 0.05) is 37.2 Å². The molecule has 0 aromatic carbocycles. The summed E-state index contributed by atoms with van der Waals surface area (Å²) in [5, 5.41) is 13.1. The first-order chi connectivity index (χ1) is 13.1. The molecular formula is C20H23N5O2. The van der Waals surface area contributed by atoms with Crippen molar-refractivity contribution >= 4 is 22.6 Å². The number of hydrogen-bond donors (Lipinski definition) is 2. The van der Waals surface area contributed by atoms with Crippen LogP contribution in [0, 0.1) is 11.8 Å². The second kappa shape index (κ2) is 7.44. The van der Waals surface area contributed by atoms with Gasteiger partial charge in [0.05, 0.1) is 29.4 Å². The van der Waals surface area contributed by atoms with Crippen molar-refractivity contribution in [3.63, 3.8) is 0 Å². The van der Waals surface area contributed by atoms with Gasteiger partial charge in [0.25, 0.3) is 0 Å². The van der Waals surface area contributed by atoms with E-state index in [1.165, 1.54) is 0 Å². The Morgan fingerprint density at radius 2 is 2.07 bits per heavy atom. The van der Waals surface area contributed by atoms with E-state index in [1.54, 1.807) is 18.7 Å². The minimum Gasteiger partial charge on any atom is -0.396 e. The van der Waals surface area contributed by atoms with Crippen LogP contribution in [0.3, 0.4) is 0 Å². The Labute approximate surface area is 157 Å². The first-order valence-electron chi connectivity index (χ1n) is 9.29. The zero-order chi connectivity index (χ0) is 18.8. The van der Waals surface area contributed by atoms with Gasteiger partial charge in [-0.3, -0.25) is 4.79 Å². The molecule has 0 radical (unpaired) electrons. The zero-order valence-corrected chi connectivity index (χ0v) is 15.3. The fourth-order valence-electron chi connectivity index (χ4n) is 3.67. The maximum Gasteiger partial charge on any atom is 0.228 e. The van der Waals surface area contributed by atoms with Crippen LogP contribution >= 0.6 is 0 Å². The van der Waals surface area contributed by atoms with Gasteiger partial charge in [-0.1, -0.05) is 0 Å². The number of anilines is 1. The van der Waals surface area contributed by atoms with E-state index >= 15 is 0 Å². The first kappa shape index (κ1) is 17.6. The minimum absolute atomic E-state index is 0.000953. The van der Waals surface area contributed by atoms with Gasteiger partial charge < -0.3 is 15.0 Å². The van der Waals surface area contributed by atoms with Crippen LogP contribution in [0.1, 0.15) is 25.7 Å². The summed E-state index contributed by atoms with van der Waals surface area (Å²) in [5.41, 5.74) is 2.54. The Hall–Kier alpha value is -2.80. The van der Waals surface area contributed by atoms with Crippen molar-refractivity contribution in [1.29, 1.82) is 0 Å². The molecule has 0 spiro atoms. The van der Waals surface area contributed by atoms with E-state index in [4.69, 9.17) is 4.98 Å². The summed E-state index contributed by atoms with van der Waals surface area (Å²) in [7, 11) is 1.93. The zero-order valence-electron chi connectivity index (χ0n) is 15.3. The molecule has 1 saturated carbocycles. The number of rotatable bonds is 4. The first-order valence-corrected chi connectivity index (χ1v) is 9.29. The van der Waals surface area contributed by atoms with E-state index in [0.717, 1.165) is 48.0 Å². The number of hydrogen-bond acceptors (Lipinski definition) is 5. The fraction of sp³-hybridized carbons (Fsp3) is 0.400. The average molecular weight is 365 g/mol. The molecule has 0 bridgehead atoms. The topological polar surface area (TPSA) is 92.9 Å². The molecule has 1 fully saturated rings. The van der Waals surface area contributed by atoms with Crippen molar-refractivity contribution in [2.24, 2.45) is 18.9 Å². The Morgan fingerprint density at radius 1 is 1.26 bits per heavy atom. The summed E-state index contributed by atoms with van der Waals surface area (Å²) < 4.78 is 1.92. The largest absolute Gasteiger partial charge is 0.396 e. The number of nitrogens with one attached hydrogen (secondary N) is 1. The maximum absolute atomic E-state index is 12.6. The van der Waals surface area contributed by atoms with E-state index < -0.39 is 0 Å². The molecule has 3 aromatic heterocycles. The predicted molar refractivity (Wildman–Crippen MR) is 103 cm³/mol. The molecule has 27 heavy (non-hydrogen) atoms. The molecule has 4 rings (SSSR count). The van der Waals surface area contributed by atoms with Crippen molar-refractivity contribution in [2.45, 2.75) is 25.7 Å². The van der Waals surface area contributed by atoms with Crippen molar-refractivity contribution in [3.05, 3.63) is 36.9 Å². The number of nitrogens with zero attached hydrogens (tertiary/aromatic N) is 4. The molecule has 0 atom stereocenters. The highest BCUT2D eigenvalue weighted by atomic mass is 16.3. The number of pyridine rings is 2. The lowest BCUT2D eigenvalue weighted by Gasteiger charge is -2.26. The van der Waals surface area contributed by atoms with Crippen LogP contribution < -0.4 is 5.32 Å². The lowest BCUT2D eigenvalue weighted by molar-refractivity contribution is -0.121. The molecule has 1 amide bonds. The summed E-state index contributed by atoms with van der Waals surface area (Å²) >= 11 is 0.